The number of rotatable bonds is 3. The maximum atomic E-state index is 11.5. The van der Waals surface area contributed by atoms with Gasteiger partial charge in [0, 0.05) is 6.54 Å². The average Bonchev–Trinajstić information content (AvgIpc) is 2.84. The maximum Gasteiger partial charge on any atom is 0.282 e. The summed E-state index contributed by atoms with van der Waals surface area (Å²) in [5.41, 5.74) is 0. The third-order valence-corrected chi connectivity index (χ3v) is 4.42. The van der Waals surface area contributed by atoms with Gasteiger partial charge in [-0.25, -0.2) is 0 Å². The summed E-state index contributed by atoms with van der Waals surface area (Å²) < 4.78 is 0.302. The van der Waals surface area contributed by atoms with E-state index >= 15 is 0 Å². The molecule has 0 saturated carbocycles. The van der Waals surface area contributed by atoms with Crippen molar-refractivity contribution in [1.82, 2.24) is 15.5 Å². The summed E-state index contributed by atoms with van der Waals surface area (Å²) in [7, 11) is 0. The zero-order chi connectivity index (χ0) is 10.7. The first-order valence-electron chi connectivity index (χ1n) is 4.60. The van der Waals surface area contributed by atoms with Crippen LogP contribution in [0.3, 0.4) is 0 Å². The van der Waals surface area contributed by atoms with Crippen LogP contribution in [0.25, 0.3) is 0 Å². The van der Waals surface area contributed by atoms with Gasteiger partial charge in [0.15, 0.2) is 0 Å². The molecule has 2 rings (SSSR count). The summed E-state index contributed by atoms with van der Waals surface area (Å²) in [5, 5.41) is 10.5. The summed E-state index contributed by atoms with van der Waals surface area (Å²) in [6.45, 7) is 0.725. The lowest BCUT2D eigenvalue weighted by Crippen LogP contribution is -2.29. The summed E-state index contributed by atoms with van der Waals surface area (Å²) in [4.78, 5) is 11.5. The van der Waals surface area contributed by atoms with Crippen molar-refractivity contribution in [2.75, 3.05) is 18.1 Å². The highest BCUT2D eigenvalue weighted by molar-refractivity contribution is 7.99. The summed E-state index contributed by atoms with van der Waals surface area (Å²) in [6, 6.07) is 0. The van der Waals surface area contributed by atoms with E-state index < -0.39 is 0 Å². The second-order valence-electron chi connectivity index (χ2n) is 3.30. The van der Waals surface area contributed by atoms with E-state index in [0.717, 1.165) is 23.6 Å². The molecule has 0 radical (unpaired) electrons. The second kappa shape index (κ2) is 5.14. The van der Waals surface area contributed by atoms with Crippen LogP contribution in [0.5, 0.6) is 0 Å². The van der Waals surface area contributed by atoms with Crippen LogP contribution in [0.4, 0.5) is 0 Å². The lowest BCUT2D eigenvalue weighted by atomic mass is 10.1. The maximum absolute atomic E-state index is 11.5. The van der Waals surface area contributed by atoms with Crippen molar-refractivity contribution in [2.24, 2.45) is 5.92 Å². The highest BCUT2D eigenvalue weighted by Crippen LogP contribution is 2.22. The Kier molecular flexibility index (Phi) is 3.82. The number of carbonyl (C=O) groups excluding carboxylic acids is 1. The number of halogens is 1. The predicted octanol–water partition coefficient (Wildman–Crippen LogP) is 1.67. The zero-order valence-electron chi connectivity index (χ0n) is 7.90. The molecule has 2 heterocycles. The minimum atomic E-state index is -0.170. The van der Waals surface area contributed by atoms with Crippen molar-refractivity contribution < 1.29 is 4.79 Å². The number of thioether (sulfide) groups is 1. The molecule has 0 bridgehead atoms. The fraction of sp³-hybridized carbons (Fsp3) is 0.625. The minimum Gasteiger partial charge on any atom is -0.350 e. The molecule has 82 valence electrons. The molecule has 1 aliphatic heterocycles. The van der Waals surface area contributed by atoms with Gasteiger partial charge in [-0.15, -0.1) is 10.2 Å². The number of hydrogen-bond acceptors (Lipinski definition) is 5. The number of carbonyl (C=O) groups is 1. The molecule has 1 fully saturated rings. The molecule has 1 saturated heterocycles. The second-order valence-corrected chi connectivity index (χ2v) is 6.01. The van der Waals surface area contributed by atoms with E-state index in [2.05, 4.69) is 15.5 Å². The number of hydrogen-bond donors (Lipinski definition) is 1. The van der Waals surface area contributed by atoms with Gasteiger partial charge in [-0.3, -0.25) is 4.79 Å². The van der Waals surface area contributed by atoms with Gasteiger partial charge in [-0.05, 0) is 35.4 Å². The quantitative estimate of drug-likeness (QED) is 0.902. The molecule has 1 aromatic heterocycles. The Balaban J connectivity index is 1.81. The molecule has 1 aromatic rings. The SMILES string of the molecule is O=C(NCC1CCSC1)c1nnc(Cl)s1. The molecular formula is C8H10ClN3OS2. The highest BCUT2D eigenvalue weighted by atomic mass is 35.5. The van der Waals surface area contributed by atoms with Gasteiger partial charge in [0.25, 0.3) is 5.91 Å². The number of amides is 1. The van der Waals surface area contributed by atoms with Crippen molar-refractivity contribution in [3.05, 3.63) is 9.47 Å². The smallest absolute Gasteiger partial charge is 0.282 e. The molecule has 1 atom stereocenters. The summed E-state index contributed by atoms with van der Waals surface area (Å²) in [6.07, 6.45) is 1.18. The summed E-state index contributed by atoms with van der Waals surface area (Å²) >= 11 is 8.63. The monoisotopic (exact) mass is 263 g/mol. The van der Waals surface area contributed by atoms with Gasteiger partial charge in [-0.2, -0.15) is 11.8 Å². The molecular weight excluding hydrogens is 254 g/mol. The Labute approximate surface area is 101 Å². The van der Waals surface area contributed by atoms with E-state index in [-0.39, 0.29) is 5.91 Å². The van der Waals surface area contributed by atoms with Gasteiger partial charge in [0.2, 0.25) is 9.47 Å². The van der Waals surface area contributed by atoms with Crippen LogP contribution in [0.1, 0.15) is 16.2 Å². The molecule has 1 aliphatic rings. The first-order valence-corrected chi connectivity index (χ1v) is 6.95. The zero-order valence-corrected chi connectivity index (χ0v) is 10.3. The fourth-order valence-electron chi connectivity index (χ4n) is 1.35. The Bertz CT molecular complexity index is 351. The third-order valence-electron chi connectivity index (χ3n) is 2.17. The van der Waals surface area contributed by atoms with E-state index in [1.54, 1.807) is 0 Å². The van der Waals surface area contributed by atoms with Crippen LogP contribution in [0, 0.1) is 5.92 Å². The van der Waals surface area contributed by atoms with E-state index in [1.807, 2.05) is 11.8 Å². The summed E-state index contributed by atoms with van der Waals surface area (Å²) in [5.74, 6) is 2.76. The first kappa shape index (κ1) is 11.2. The van der Waals surface area contributed by atoms with E-state index in [4.69, 9.17) is 11.6 Å². The van der Waals surface area contributed by atoms with Gasteiger partial charge in [-0.1, -0.05) is 11.3 Å². The molecule has 1 amide bonds. The molecule has 1 unspecified atom stereocenters. The number of nitrogens with one attached hydrogen (secondary N) is 1. The number of aromatic nitrogens is 2. The lowest BCUT2D eigenvalue weighted by Gasteiger charge is -2.07. The molecule has 7 heteroatoms. The van der Waals surface area contributed by atoms with Gasteiger partial charge < -0.3 is 5.32 Å². The topological polar surface area (TPSA) is 54.9 Å². The van der Waals surface area contributed by atoms with Crippen LogP contribution >= 0.6 is 34.7 Å². The Hall–Kier alpha value is -0.330. The standard InChI is InChI=1S/C8H10ClN3OS2/c9-8-12-11-7(15-8)6(13)10-3-5-1-2-14-4-5/h5H,1-4H2,(H,10,13). The van der Waals surface area contributed by atoms with Gasteiger partial charge in [0.1, 0.15) is 0 Å². The van der Waals surface area contributed by atoms with Crippen LogP contribution in [0.2, 0.25) is 4.47 Å². The van der Waals surface area contributed by atoms with Crippen molar-refractivity contribution in [1.29, 1.82) is 0 Å². The van der Waals surface area contributed by atoms with Crippen molar-refractivity contribution in [3.63, 3.8) is 0 Å². The Morgan fingerprint density at radius 3 is 3.07 bits per heavy atom. The third kappa shape index (κ3) is 3.06. The predicted molar refractivity (Wildman–Crippen MR) is 62.7 cm³/mol. The van der Waals surface area contributed by atoms with Gasteiger partial charge >= 0.3 is 0 Å². The van der Waals surface area contributed by atoms with Gasteiger partial charge in [0.05, 0.1) is 0 Å². The molecule has 1 N–H and O–H groups in total. The van der Waals surface area contributed by atoms with Crippen LogP contribution < -0.4 is 5.32 Å². The van der Waals surface area contributed by atoms with Crippen molar-refractivity contribution >= 4 is 40.6 Å². The molecule has 15 heavy (non-hydrogen) atoms. The number of nitrogens with zero attached hydrogens (tertiary/aromatic N) is 2. The van der Waals surface area contributed by atoms with E-state index in [0.29, 0.717) is 15.4 Å². The van der Waals surface area contributed by atoms with Crippen LogP contribution in [0.15, 0.2) is 0 Å². The normalized spacial score (nSPS) is 20.5. The van der Waals surface area contributed by atoms with Crippen LogP contribution in [-0.2, 0) is 0 Å². The van der Waals surface area contributed by atoms with E-state index in [1.165, 1.54) is 12.2 Å². The minimum absolute atomic E-state index is 0.170. The molecule has 0 aromatic carbocycles. The molecule has 4 nitrogen and oxygen atoms in total. The van der Waals surface area contributed by atoms with Crippen molar-refractivity contribution in [2.45, 2.75) is 6.42 Å². The average molecular weight is 264 g/mol. The van der Waals surface area contributed by atoms with E-state index in [9.17, 15) is 4.79 Å². The fourth-order valence-corrected chi connectivity index (χ4v) is 3.38. The Morgan fingerprint density at radius 1 is 1.60 bits per heavy atom. The van der Waals surface area contributed by atoms with Crippen LogP contribution in [-0.4, -0.2) is 34.2 Å². The lowest BCUT2D eigenvalue weighted by molar-refractivity contribution is 0.0947. The van der Waals surface area contributed by atoms with Crippen molar-refractivity contribution in [3.8, 4) is 0 Å². The molecule has 0 spiro atoms. The Morgan fingerprint density at radius 2 is 2.47 bits per heavy atom. The first-order chi connectivity index (χ1) is 7.25. The molecule has 0 aliphatic carbocycles. The highest BCUT2D eigenvalue weighted by Gasteiger charge is 2.18. The largest absolute Gasteiger partial charge is 0.350 e.